The van der Waals surface area contributed by atoms with Gasteiger partial charge in [-0.05, 0) is 43.5 Å². The van der Waals surface area contributed by atoms with E-state index in [4.69, 9.17) is 4.74 Å². The largest absolute Gasteiger partial charge is 0.377 e. The first-order chi connectivity index (χ1) is 11.0. The molecule has 1 heterocycles. The van der Waals surface area contributed by atoms with Gasteiger partial charge in [0.2, 0.25) is 10.0 Å². The number of morpholine rings is 1. The first-order valence-corrected chi connectivity index (χ1v) is 9.61. The number of carbonyl (C=O) groups is 1. The Labute approximate surface area is 136 Å². The van der Waals surface area contributed by atoms with Crippen molar-refractivity contribution in [1.82, 2.24) is 4.90 Å². The fraction of sp³-hybridized carbons (Fsp3) is 0.562. The number of nitrogens with zero attached hydrogens (tertiary/aromatic N) is 1. The van der Waals surface area contributed by atoms with Crippen LogP contribution in [0.4, 0.5) is 5.69 Å². The highest BCUT2D eigenvalue weighted by molar-refractivity contribution is 7.92. The summed E-state index contributed by atoms with van der Waals surface area (Å²) in [6.45, 7) is 3.62. The fourth-order valence-electron chi connectivity index (χ4n) is 2.94. The van der Waals surface area contributed by atoms with E-state index >= 15 is 0 Å². The predicted octanol–water partition coefficient (Wildman–Crippen LogP) is 1.84. The van der Waals surface area contributed by atoms with Gasteiger partial charge in [0.05, 0.1) is 24.5 Å². The Kier molecular flexibility index (Phi) is 4.33. The van der Waals surface area contributed by atoms with Gasteiger partial charge in [-0.3, -0.25) is 9.52 Å². The zero-order valence-electron chi connectivity index (χ0n) is 13.2. The van der Waals surface area contributed by atoms with Crippen LogP contribution in [0.2, 0.25) is 0 Å². The van der Waals surface area contributed by atoms with Crippen molar-refractivity contribution in [2.24, 2.45) is 0 Å². The number of amides is 1. The Balaban J connectivity index is 1.71. The molecule has 2 fully saturated rings. The molecular weight excluding hydrogens is 316 g/mol. The molecule has 126 valence electrons. The minimum atomic E-state index is -3.31. The van der Waals surface area contributed by atoms with Crippen LogP contribution in [0.15, 0.2) is 24.3 Å². The Hall–Kier alpha value is -1.60. The smallest absolute Gasteiger partial charge is 0.254 e. The molecule has 1 aliphatic heterocycles. The molecule has 0 radical (unpaired) electrons. The monoisotopic (exact) mass is 338 g/mol. The molecule has 1 spiro atoms. The molecule has 1 aromatic rings. The van der Waals surface area contributed by atoms with Crippen LogP contribution in [-0.4, -0.2) is 50.3 Å². The zero-order valence-corrected chi connectivity index (χ0v) is 14.1. The molecule has 1 saturated carbocycles. The molecule has 1 amide bonds. The lowest BCUT2D eigenvalue weighted by atomic mass is 10.1. The average Bonchev–Trinajstić information content (AvgIpc) is 3.27. The fourth-order valence-corrected chi connectivity index (χ4v) is 4.08. The van der Waals surface area contributed by atoms with Gasteiger partial charge in [-0.15, -0.1) is 0 Å². The number of hydrogen-bond donors (Lipinski definition) is 1. The minimum Gasteiger partial charge on any atom is -0.377 e. The van der Waals surface area contributed by atoms with Gasteiger partial charge in [-0.25, -0.2) is 8.42 Å². The quantitative estimate of drug-likeness (QED) is 0.889. The van der Waals surface area contributed by atoms with Crippen LogP contribution in [0.5, 0.6) is 0 Å². The summed E-state index contributed by atoms with van der Waals surface area (Å²) in [5, 5.41) is 0. The Morgan fingerprint density at radius 3 is 2.61 bits per heavy atom. The molecule has 6 nitrogen and oxygen atoms in total. The molecule has 7 heteroatoms. The van der Waals surface area contributed by atoms with Crippen LogP contribution in [0.25, 0.3) is 0 Å². The molecule has 1 aliphatic carbocycles. The van der Waals surface area contributed by atoms with Crippen molar-refractivity contribution in [3.05, 3.63) is 29.8 Å². The van der Waals surface area contributed by atoms with E-state index in [-0.39, 0.29) is 17.2 Å². The highest BCUT2D eigenvalue weighted by Crippen LogP contribution is 2.44. The molecular formula is C16H22N2O4S. The van der Waals surface area contributed by atoms with Crippen molar-refractivity contribution in [1.29, 1.82) is 0 Å². The number of anilines is 1. The average molecular weight is 338 g/mol. The van der Waals surface area contributed by atoms with E-state index in [9.17, 15) is 13.2 Å². The van der Waals surface area contributed by atoms with Crippen molar-refractivity contribution in [2.75, 3.05) is 30.2 Å². The molecule has 3 rings (SSSR count). The maximum atomic E-state index is 12.7. The summed E-state index contributed by atoms with van der Waals surface area (Å²) >= 11 is 0. The second-order valence-corrected chi connectivity index (χ2v) is 8.07. The van der Waals surface area contributed by atoms with Gasteiger partial charge < -0.3 is 9.64 Å². The third kappa shape index (κ3) is 3.50. The lowest BCUT2D eigenvalue weighted by Gasteiger charge is -2.36. The van der Waals surface area contributed by atoms with Crippen molar-refractivity contribution in [3.63, 3.8) is 0 Å². The summed E-state index contributed by atoms with van der Waals surface area (Å²) < 4.78 is 31.5. The van der Waals surface area contributed by atoms with E-state index in [1.165, 1.54) is 0 Å². The zero-order chi connectivity index (χ0) is 16.5. The summed E-state index contributed by atoms with van der Waals surface area (Å²) in [5.41, 5.74) is 0.964. The van der Waals surface area contributed by atoms with E-state index in [1.807, 2.05) is 11.8 Å². The number of carbonyl (C=O) groups excluding carboxylic acids is 1. The molecule has 0 aromatic heterocycles. The maximum absolute atomic E-state index is 12.7. The minimum absolute atomic E-state index is 0.00577. The number of hydrogen-bond acceptors (Lipinski definition) is 4. The Morgan fingerprint density at radius 1 is 1.30 bits per heavy atom. The van der Waals surface area contributed by atoms with Crippen LogP contribution in [0.1, 0.15) is 36.5 Å². The summed E-state index contributed by atoms with van der Waals surface area (Å²) in [4.78, 5) is 14.6. The molecule has 23 heavy (non-hydrogen) atoms. The molecule has 1 aromatic carbocycles. The molecule has 1 N–H and O–H groups in total. The van der Waals surface area contributed by atoms with Crippen LogP contribution in [-0.2, 0) is 14.8 Å². The Morgan fingerprint density at radius 2 is 2.00 bits per heavy atom. The third-order valence-electron chi connectivity index (χ3n) is 4.35. The Bertz CT molecular complexity index is 681. The number of benzene rings is 1. The standard InChI is InChI=1S/C16H22N2O4S/c1-2-11-23(20,21)17-14-5-3-13(4-6-14)15(19)18-9-10-22-12-16(18)7-8-16/h3-6,17H,2,7-12H2,1H3. The van der Waals surface area contributed by atoms with Gasteiger partial charge in [0, 0.05) is 17.8 Å². The van der Waals surface area contributed by atoms with Crippen LogP contribution in [0.3, 0.4) is 0 Å². The predicted molar refractivity (Wildman–Crippen MR) is 88.0 cm³/mol. The van der Waals surface area contributed by atoms with Crippen LogP contribution < -0.4 is 4.72 Å². The summed E-state index contributed by atoms with van der Waals surface area (Å²) in [6, 6.07) is 6.64. The normalized spacial score (nSPS) is 19.6. The molecule has 0 bridgehead atoms. The highest BCUT2D eigenvalue weighted by atomic mass is 32.2. The van der Waals surface area contributed by atoms with Crippen molar-refractivity contribution in [3.8, 4) is 0 Å². The van der Waals surface area contributed by atoms with E-state index in [0.717, 1.165) is 12.8 Å². The first kappa shape index (κ1) is 16.3. The maximum Gasteiger partial charge on any atom is 0.254 e. The number of ether oxygens (including phenoxy) is 1. The number of nitrogens with one attached hydrogen (secondary N) is 1. The van der Waals surface area contributed by atoms with E-state index in [1.54, 1.807) is 24.3 Å². The summed E-state index contributed by atoms with van der Waals surface area (Å²) in [5.74, 6) is 0.0815. The van der Waals surface area contributed by atoms with Gasteiger partial charge in [0.1, 0.15) is 0 Å². The van der Waals surface area contributed by atoms with Gasteiger partial charge in [0.25, 0.3) is 5.91 Å². The van der Waals surface area contributed by atoms with Gasteiger partial charge in [0.15, 0.2) is 0 Å². The molecule has 1 saturated heterocycles. The SMILES string of the molecule is CCCS(=O)(=O)Nc1ccc(C(=O)N2CCOCC23CC3)cc1. The lowest BCUT2D eigenvalue weighted by Crippen LogP contribution is -2.50. The number of sulfonamides is 1. The highest BCUT2D eigenvalue weighted by Gasteiger charge is 2.52. The molecule has 0 atom stereocenters. The first-order valence-electron chi connectivity index (χ1n) is 7.96. The van der Waals surface area contributed by atoms with E-state index in [0.29, 0.717) is 37.4 Å². The van der Waals surface area contributed by atoms with Gasteiger partial charge in [-0.1, -0.05) is 6.92 Å². The lowest BCUT2D eigenvalue weighted by molar-refractivity contribution is -0.0117. The van der Waals surface area contributed by atoms with Crippen molar-refractivity contribution in [2.45, 2.75) is 31.7 Å². The van der Waals surface area contributed by atoms with Gasteiger partial charge in [-0.2, -0.15) is 0 Å². The summed E-state index contributed by atoms with van der Waals surface area (Å²) in [7, 11) is -3.31. The van der Waals surface area contributed by atoms with Crippen LogP contribution in [0, 0.1) is 0 Å². The van der Waals surface area contributed by atoms with Crippen LogP contribution >= 0.6 is 0 Å². The number of rotatable bonds is 5. The van der Waals surface area contributed by atoms with Crippen molar-refractivity contribution >= 4 is 21.6 Å². The summed E-state index contributed by atoms with van der Waals surface area (Å²) in [6.07, 6.45) is 2.55. The third-order valence-corrected chi connectivity index (χ3v) is 5.85. The second kappa shape index (κ2) is 6.13. The topological polar surface area (TPSA) is 75.7 Å². The van der Waals surface area contributed by atoms with E-state index in [2.05, 4.69) is 4.72 Å². The van der Waals surface area contributed by atoms with Crippen molar-refractivity contribution < 1.29 is 17.9 Å². The molecule has 0 unspecified atom stereocenters. The van der Waals surface area contributed by atoms with E-state index < -0.39 is 10.0 Å². The van der Waals surface area contributed by atoms with Gasteiger partial charge >= 0.3 is 0 Å². The second-order valence-electron chi connectivity index (χ2n) is 6.23. The molecule has 2 aliphatic rings.